The van der Waals surface area contributed by atoms with Crippen molar-refractivity contribution in [1.29, 1.82) is 0 Å². The molecule has 0 saturated carbocycles. The average molecular weight is 266 g/mol. The highest BCUT2D eigenvalue weighted by Crippen LogP contribution is 2.28. The van der Waals surface area contributed by atoms with Crippen molar-refractivity contribution in [1.82, 2.24) is 0 Å². The van der Waals surface area contributed by atoms with Crippen LogP contribution in [0.3, 0.4) is 0 Å². The summed E-state index contributed by atoms with van der Waals surface area (Å²) in [6, 6.07) is 3.83. The molecule has 0 bridgehead atoms. The molecule has 0 spiro atoms. The van der Waals surface area contributed by atoms with Crippen LogP contribution in [0.5, 0.6) is 0 Å². The van der Waals surface area contributed by atoms with E-state index in [9.17, 15) is 27.7 Å². The zero-order valence-electron chi connectivity index (χ0n) is 9.29. The Bertz CT molecular complexity index is 452. The lowest BCUT2D eigenvalue weighted by atomic mass is 10.2. The summed E-state index contributed by atoms with van der Waals surface area (Å²) in [5, 5.41) is 12.6. The first kappa shape index (κ1) is 14.2. The number of hydrogen-bond acceptors (Lipinski definition) is 3. The summed E-state index contributed by atoms with van der Waals surface area (Å²) in [4.78, 5) is 9.89. The molecular weight excluding hydrogens is 256 g/mol. The Balaban J connectivity index is 2.89. The number of nitro groups is 1. The summed E-state index contributed by atoms with van der Waals surface area (Å²) >= 11 is 0. The van der Waals surface area contributed by atoms with Gasteiger partial charge in [-0.25, -0.2) is 8.78 Å². The predicted molar refractivity (Wildman–Crippen MR) is 57.3 cm³/mol. The highest BCUT2D eigenvalue weighted by atomic mass is 19.3. The average Bonchev–Trinajstić information content (AvgIpc) is 2.27. The molecule has 0 aliphatic rings. The van der Waals surface area contributed by atoms with E-state index in [0.29, 0.717) is 5.56 Å². The van der Waals surface area contributed by atoms with Gasteiger partial charge < -0.3 is 5.32 Å². The maximum Gasteiger partial charge on any atom is 0.324 e. The van der Waals surface area contributed by atoms with Gasteiger partial charge >= 0.3 is 12.3 Å². The maximum absolute atomic E-state index is 12.7. The Labute approximate surface area is 99.8 Å². The molecule has 18 heavy (non-hydrogen) atoms. The zero-order chi connectivity index (χ0) is 13.9. The first-order chi connectivity index (χ1) is 8.24. The lowest BCUT2D eigenvalue weighted by Gasteiger charge is -2.16. The molecule has 0 aromatic heterocycles. The monoisotopic (exact) mass is 266 g/mol. The third-order valence-electron chi connectivity index (χ3n) is 2.18. The van der Waals surface area contributed by atoms with Crippen molar-refractivity contribution >= 4 is 11.4 Å². The molecule has 1 aromatic rings. The number of benzene rings is 1. The van der Waals surface area contributed by atoms with Crippen LogP contribution in [0.1, 0.15) is 5.56 Å². The molecule has 4 nitrogen and oxygen atoms in total. The Morgan fingerprint density at radius 1 is 1.44 bits per heavy atom. The van der Waals surface area contributed by atoms with E-state index >= 15 is 0 Å². The lowest BCUT2D eigenvalue weighted by Crippen LogP contribution is -2.34. The predicted octanol–water partition coefficient (Wildman–Crippen LogP) is 3.22. The van der Waals surface area contributed by atoms with E-state index in [0.717, 1.165) is 0 Å². The third-order valence-corrected chi connectivity index (χ3v) is 2.18. The molecule has 1 rings (SSSR count). The van der Waals surface area contributed by atoms with E-state index in [4.69, 9.17) is 0 Å². The summed E-state index contributed by atoms with van der Waals surface area (Å²) < 4.78 is 49.2. The summed E-state index contributed by atoms with van der Waals surface area (Å²) in [7, 11) is 0. The number of alkyl halides is 4. The fourth-order valence-corrected chi connectivity index (χ4v) is 1.23. The standard InChI is InChI=1S/C10H10F4N2O2/c1-6-2-3-7(8(4-6)16(17)18)15-5-10(13,14)9(11)12/h2-4,9,15H,5H2,1H3. The van der Waals surface area contributed by atoms with Crippen LogP contribution in [0.2, 0.25) is 0 Å². The van der Waals surface area contributed by atoms with Gasteiger partial charge in [0.05, 0.1) is 11.5 Å². The molecule has 8 heteroatoms. The minimum atomic E-state index is -4.24. The van der Waals surface area contributed by atoms with Crippen molar-refractivity contribution in [3.8, 4) is 0 Å². The number of aryl methyl sites for hydroxylation is 1. The fraction of sp³-hybridized carbons (Fsp3) is 0.400. The van der Waals surface area contributed by atoms with Crippen LogP contribution in [0.4, 0.5) is 28.9 Å². The zero-order valence-corrected chi connectivity index (χ0v) is 9.29. The molecule has 0 atom stereocenters. The van der Waals surface area contributed by atoms with E-state index in [-0.39, 0.29) is 5.69 Å². The molecule has 100 valence electrons. The number of nitrogens with one attached hydrogen (secondary N) is 1. The van der Waals surface area contributed by atoms with Crippen molar-refractivity contribution in [3.63, 3.8) is 0 Å². The van der Waals surface area contributed by atoms with Crippen LogP contribution in [0.25, 0.3) is 0 Å². The van der Waals surface area contributed by atoms with Gasteiger partial charge in [0.1, 0.15) is 5.69 Å². The van der Waals surface area contributed by atoms with Gasteiger partial charge in [-0.15, -0.1) is 0 Å². The molecule has 0 unspecified atom stereocenters. The van der Waals surface area contributed by atoms with Crippen LogP contribution >= 0.6 is 0 Å². The molecule has 0 aliphatic heterocycles. The summed E-state index contributed by atoms with van der Waals surface area (Å²) in [6.45, 7) is 0.221. The van der Waals surface area contributed by atoms with Gasteiger partial charge in [-0.3, -0.25) is 10.1 Å². The summed E-state index contributed by atoms with van der Waals surface area (Å²) in [5.74, 6) is -4.24. The first-order valence-electron chi connectivity index (χ1n) is 4.89. The summed E-state index contributed by atoms with van der Waals surface area (Å²) in [5.41, 5.74) is -0.0844. The highest BCUT2D eigenvalue weighted by Gasteiger charge is 2.40. The lowest BCUT2D eigenvalue weighted by molar-refractivity contribution is -0.384. The smallest absolute Gasteiger partial charge is 0.324 e. The first-order valence-corrected chi connectivity index (χ1v) is 4.89. The third kappa shape index (κ3) is 3.31. The summed E-state index contributed by atoms with van der Waals surface area (Å²) in [6.07, 6.45) is -3.82. The van der Waals surface area contributed by atoms with Crippen LogP contribution in [-0.2, 0) is 0 Å². The molecule has 0 radical (unpaired) electrons. The van der Waals surface area contributed by atoms with Gasteiger partial charge in [-0.1, -0.05) is 6.07 Å². The second-order valence-electron chi connectivity index (χ2n) is 3.69. The molecule has 0 amide bonds. The van der Waals surface area contributed by atoms with Crippen LogP contribution in [0.15, 0.2) is 18.2 Å². The van der Waals surface area contributed by atoms with Gasteiger partial charge in [-0.2, -0.15) is 8.78 Å². The van der Waals surface area contributed by atoms with E-state index < -0.39 is 29.5 Å². The van der Waals surface area contributed by atoms with Crippen LogP contribution < -0.4 is 5.32 Å². The Morgan fingerprint density at radius 3 is 2.56 bits per heavy atom. The molecule has 0 fully saturated rings. The molecule has 1 N–H and O–H groups in total. The Hall–Kier alpha value is -1.86. The molecule has 0 heterocycles. The van der Waals surface area contributed by atoms with Gasteiger partial charge in [-0.05, 0) is 18.6 Å². The van der Waals surface area contributed by atoms with Crippen molar-refractivity contribution in [3.05, 3.63) is 33.9 Å². The quantitative estimate of drug-likeness (QED) is 0.505. The number of nitrogens with zero attached hydrogens (tertiary/aromatic N) is 1. The van der Waals surface area contributed by atoms with Crippen LogP contribution in [0, 0.1) is 17.0 Å². The number of halogens is 4. The van der Waals surface area contributed by atoms with Gasteiger partial charge in [0.2, 0.25) is 0 Å². The van der Waals surface area contributed by atoms with E-state index in [1.165, 1.54) is 18.2 Å². The van der Waals surface area contributed by atoms with Crippen LogP contribution in [-0.4, -0.2) is 23.8 Å². The van der Waals surface area contributed by atoms with Crippen molar-refractivity contribution in [2.45, 2.75) is 19.3 Å². The van der Waals surface area contributed by atoms with Crippen molar-refractivity contribution in [2.24, 2.45) is 0 Å². The number of anilines is 1. The highest BCUT2D eigenvalue weighted by molar-refractivity contribution is 5.62. The van der Waals surface area contributed by atoms with E-state index in [1.807, 2.05) is 5.32 Å². The van der Waals surface area contributed by atoms with E-state index in [2.05, 4.69) is 0 Å². The molecule has 1 aromatic carbocycles. The van der Waals surface area contributed by atoms with E-state index in [1.54, 1.807) is 6.92 Å². The number of rotatable bonds is 5. The minimum absolute atomic E-state index is 0.217. The van der Waals surface area contributed by atoms with Gasteiger partial charge in [0, 0.05) is 6.07 Å². The Morgan fingerprint density at radius 2 is 2.06 bits per heavy atom. The van der Waals surface area contributed by atoms with Crippen molar-refractivity contribution in [2.75, 3.05) is 11.9 Å². The number of hydrogen-bond donors (Lipinski definition) is 1. The maximum atomic E-state index is 12.7. The van der Waals surface area contributed by atoms with Crippen molar-refractivity contribution < 1.29 is 22.5 Å². The largest absolute Gasteiger partial charge is 0.373 e. The Kier molecular flexibility index (Phi) is 4.10. The SMILES string of the molecule is Cc1ccc(NCC(F)(F)C(F)F)c([N+](=O)[O-])c1. The second kappa shape index (κ2) is 5.19. The molecule has 0 aliphatic carbocycles. The fourth-order valence-electron chi connectivity index (χ4n) is 1.23. The normalized spacial score (nSPS) is 11.7. The second-order valence-corrected chi connectivity index (χ2v) is 3.69. The molecular formula is C10H10F4N2O2. The number of nitro benzene ring substituents is 1. The molecule has 0 saturated heterocycles. The van der Waals surface area contributed by atoms with Gasteiger partial charge in [0.25, 0.3) is 5.69 Å². The van der Waals surface area contributed by atoms with Gasteiger partial charge in [0.15, 0.2) is 0 Å². The topological polar surface area (TPSA) is 55.2 Å². The minimum Gasteiger partial charge on any atom is -0.373 e.